The molecule has 22 heavy (non-hydrogen) atoms. The first-order chi connectivity index (χ1) is 10.8. The van der Waals surface area contributed by atoms with Gasteiger partial charge in [-0.1, -0.05) is 6.07 Å². The van der Waals surface area contributed by atoms with Crippen LogP contribution in [0.25, 0.3) is 0 Å². The Labute approximate surface area is 130 Å². The molecule has 1 aliphatic rings. The summed E-state index contributed by atoms with van der Waals surface area (Å²) in [6, 6.07) is 7.77. The first-order valence-electron chi connectivity index (χ1n) is 7.51. The van der Waals surface area contributed by atoms with Gasteiger partial charge in [-0.15, -0.1) is 0 Å². The summed E-state index contributed by atoms with van der Waals surface area (Å²) in [5.74, 6) is 0.172. The molecule has 0 bridgehead atoms. The van der Waals surface area contributed by atoms with E-state index in [0.29, 0.717) is 26.1 Å². The molecule has 2 aromatic heterocycles. The number of aromatic nitrogens is 2. The Morgan fingerprint density at radius 2 is 2.09 bits per heavy atom. The average Bonchev–Trinajstić information content (AvgIpc) is 2.61. The van der Waals surface area contributed by atoms with Gasteiger partial charge < -0.3 is 9.64 Å². The van der Waals surface area contributed by atoms with Gasteiger partial charge in [-0.2, -0.15) is 0 Å². The number of aryl methyl sites for hydroxylation is 1. The minimum Gasteiger partial charge on any atom is -0.370 e. The molecule has 1 saturated heterocycles. The summed E-state index contributed by atoms with van der Waals surface area (Å²) in [4.78, 5) is 22.4. The van der Waals surface area contributed by atoms with Gasteiger partial charge in [0, 0.05) is 37.8 Å². The first kappa shape index (κ1) is 14.7. The number of amides is 1. The zero-order valence-corrected chi connectivity index (χ0v) is 12.4. The van der Waals surface area contributed by atoms with Crippen LogP contribution in [0.1, 0.15) is 23.7 Å². The molecule has 1 amide bonds. The molecule has 0 spiro atoms. The fourth-order valence-electron chi connectivity index (χ4n) is 2.61. The molecule has 0 saturated carbocycles. The second-order valence-electron chi connectivity index (χ2n) is 5.34. The third-order valence-electron chi connectivity index (χ3n) is 3.85. The fraction of sp³-hybridized carbons (Fsp3) is 0.353. The Bertz CT molecular complexity index is 604. The highest BCUT2D eigenvalue weighted by Gasteiger charge is 2.24. The van der Waals surface area contributed by atoms with Crippen molar-refractivity contribution in [2.45, 2.75) is 18.9 Å². The number of nitrogens with zero attached hydrogens (tertiary/aromatic N) is 3. The zero-order valence-electron chi connectivity index (χ0n) is 12.4. The summed E-state index contributed by atoms with van der Waals surface area (Å²) >= 11 is 0. The van der Waals surface area contributed by atoms with E-state index in [9.17, 15) is 4.79 Å². The van der Waals surface area contributed by atoms with E-state index in [0.717, 1.165) is 17.5 Å². The number of hydrogen-bond acceptors (Lipinski definition) is 4. The molecule has 1 aliphatic heterocycles. The van der Waals surface area contributed by atoms with Crippen LogP contribution in [0.3, 0.4) is 0 Å². The van der Waals surface area contributed by atoms with Crippen LogP contribution in [-0.4, -0.2) is 40.5 Å². The standard InChI is InChI=1S/C17H19N3O2/c21-17(4-3-14-2-1-7-19-12-14)20-10-11-22-16(13-20)15-5-8-18-9-6-15/h1-2,5-9,12,16H,3-4,10-11,13H2. The van der Waals surface area contributed by atoms with Crippen LogP contribution in [-0.2, 0) is 16.0 Å². The van der Waals surface area contributed by atoms with Gasteiger partial charge in [0.05, 0.1) is 13.2 Å². The molecule has 0 radical (unpaired) electrons. The lowest BCUT2D eigenvalue weighted by Crippen LogP contribution is -2.42. The molecule has 3 heterocycles. The Kier molecular flexibility index (Phi) is 4.75. The molecule has 1 fully saturated rings. The summed E-state index contributed by atoms with van der Waals surface area (Å²) in [7, 11) is 0. The monoisotopic (exact) mass is 297 g/mol. The van der Waals surface area contributed by atoms with E-state index >= 15 is 0 Å². The van der Waals surface area contributed by atoms with Gasteiger partial charge in [0.1, 0.15) is 6.10 Å². The SMILES string of the molecule is O=C(CCc1cccnc1)N1CCOC(c2ccncc2)C1. The van der Waals surface area contributed by atoms with Gasteiger partial charge in [0.25, 0.3) is 0 Å². The predicted octanol–water partition coefficient (Wildman–Crippen LogP) is 2.01. The van der Waals surface area contributed by atoms with Crippen LogP contribution < -0.4 is 0 Å². The van der Waals surface area contributed by atoms with E-state index in [1.165, 1.54) is 0 Å². The van der Waals surface area contributed by atoms with Crippen molar-refractivity contribution in [2.75, 3.05) is 19.7 Å². The van der Waals surface area contributed by atoms with Gasteiger partial charge >= 0.3 is 0 Å². The minimum atomic E-state index is -0.0564. The van der Waals surface area contributed by atoms with Crippen LogP contribution >= 0.6 is 0 Å². The maximum absolute atomic E-state index is 12.4. The Balaban J connectivity index is 1.56. The fourth-order valence-corrected chi connectivity index (χ4v) is 2.61. The lowest BCUT2D eigenvalue weighted by atomic mass is 10.1. The van der Waals surface area contributed by atoms with Gasteiger partial charge in [-0.25, -0.2) is 0 Å². The smallest absolute Gasteiger partial charge is 0.223 e. The molecule has 5 heteroatoms. The number of ether oxygens (including phenoxy) is 1. The summed E-state index contributed by atoms with van der Waals surface area (Å²) in [5, 5.41) is 0. The van der Waals surface area contributed by atoms with Crippen molar-refractivity contribution < 1.29 is 9.53 Å². The van der Waals surface area contributed by atoms with E-state index in [1.807, 2.05) is 35.4 Å². The van der Waals surface area contributed by atoms with Crippen molar-refractivity contribution in [3.8, 4) is 0 Å². The molecule has 0 aromatic carbocycles. The van der Waals surface area contributed by atoms with E-state index in [2.05, 4.69) is 9.97 Å². The maximum atomic E-state index is 12.4. The second-order valence-corrected chi connectivity index (χ2v) is 5.34. The van der Waals surface area contributed by atoms with Crippen molar-refractivity contribution in [1.29, 1.82) is 0 Å². The van der Waals surface area contributed by atoms with Crippen LogP contribution in [0.2, 0.25) is 0 Å². The summed E-state index contributed by atoms with van der Waals surface area (Å²) in [6.07, 6.45) is 8.24. The predicted molar refractivity (Wildman–Crippen MR) is 82.1 cm³/mol. The third kappa shape index (κ3) is 3.68. The molecule has 1 atom stereocenters. The van der Waals surface area contributed by atoms with Crippen LogP contribution in [0.15, 0.2) is 49.1 Å². The number of pyridine rings is 2. The second kappa shape index (κ2) is 7.13. The molecule has 2 aromatic rings. The molecule has 0 aliphatic carbocycles. The van der Waals surface area contributed by atoms with Crippen molar-refractivity contribution in [3.63, 3.8) is 0 Å². The van der Waals surface area contributed by atoms with Crippen LogP contribution in [0.4, 0.5) is 0 Å². The largest absolute Gasteiger partial charge is 0.370 e. The van der Waals surface area contributed by atoms with E-state index in [-0.39, 0.29) is 12.0 Å². The maximum Gasteiger partial charge on any atom is 0.223 e. The van der Waals surface area contributed by atoms with Crippen LogP contribution in [0, 0.1) is 0 Å². The van der Waals surface area contributed by atoms with Gasteiger partial charge in [-0.05, 0) is 35.7 Å². The third-order valence-corrected chi connectivity index (χ3v) is 3.85. The molecule has 3 rings (SSSR count). The highest BCUT2D eigenvalue weighted by atomic mass is 16.5. The highest BCUT2D eigenvalue weighted by Crippen LogP contribution is 2.22. The first-order valence-corrected chi connectivity index (χ1v) is 7.51. The average molecular weight is 297 g/mol. The van der Waals surface area contributed by atoms with Gasteiger partial charge in [0.2, 0.25) is 5.91 Å². The van der Waals surface area contributed by atoms with Crippen LogP contribution in [0.5, 0.6) is 0 Å². The number of carbonyl (C=O) groups excluding carboxylic acids is 1. The molecule has 0 N–H and O–H groups in total. The lowest BCUT2D eigenvalue weighted by Gasteiger charge is -2.33. The Hall–Kier alpha value is -2.27. The summed E-state index contributed by atoms with van der Waals surface area (Å²) in [6.45, 7) is 1.84. The van der Waals surface area contributed by atoms with Crippen molar-refractivity contribution >= 4 is 5.91 Å². The molecule has 5 nitrogen and oxygen atoms in total. The van der Waals surface area contributed by atoms with Gasteiger partial charge in [0.15, 0.2) is 0 Å². The highest BCUT2D eigenvalue weighted by molar-refractivity contribution is 5.76. The topological polar surface area (TPSA) is 55.3 Å². The Morgan fingerprint density at radius 3 is 2.86 bits per heavy atom. The quantitative estimate of drug-likeness (QED) is 0.866. The number of morpholine rings is 1. The van der Waals surface area contributed by atoms with E-state index in [1.54, 1.807) is 18.6 Å². The van der Waals surface area contributed by atoms with Gasteiger partial charge in [-0.3, -0.25) is 14.8 Å². The lowest BCUT2D eigenvalue weighted by molar-refractivity contribution is -0.139. The number of rotatable bonds is 4. The van der Waals surface area contributed by atoms with E-state index in [4.69, 9.17) is 4.74 Å². The molecule has 114 valence electrons. The van der Waals surface area contributed by atoms with E-state index < -0.39 is 0 Å². The number of carbonyl (C=O) groups is 1. The summed E-state index contributed by atoms with van der Waals surface area (Å²) < 4.78 is 5.78. The minimum absolute atomic E-state index is 0.0564. The molecular weight excluding hydrogens is 278 g/mol. The number of hydrogen-bond donors (Lipinski definition) is 0. The molecular formula is C17H19N3O2. The molecule has 1 unspecified atom stereocenters. The van der Waals surface area contributed by atoms with Crippen molar-refractivity contribution in [2.24, 2.45) is 0 Å². The normalized spacial score (nSPS) is 18.2. The zero-order chi connectivity index (χ0) is 15.2. The van der Waals surface area contributed by atoms with Crippen molar-refractivity contribution in [1.82, 2.24) is 14.9 Å². The summed E-state index contributed by atoms with van der Waals surface area (Å²) in [5.41, 5.74) is 2.16. The van der Waals surface area contributed by atoms with Crippen molar-refractivity contribution in [3.05, 3.63) is 60.2 Å². The Morgan fingerprint density at radius 1 is 1.23 bits per heavy atom.